The van der Waals surface area contributed by atoms with Crippen molar-refractivity contribution in [3.05, 3.63) is 0 Å². The van der Waals surface area contributed by atoms with Gasteiger partial charge in [-0.25, -0.2) is 0 Å². The minimum atomic E-state index is 0.00186. The Morgan fingerprint density at radius 3 is 2.42 bits per heavy atom. The zero-order chi connectivity index (χ0) is 9.61. The van der Waals surface area contributed by atoms with Gasteiger partial charge in [0.05, 0.1) is 6.54 Å². The molecule has 12 heavy (non-hydrogen) atoms. The highest BCUT2D eigenvalue weighted by Crippen LogP contribution is 1.96. The van der Waals surface area contributed by atoms with Gasteiger partial charge in [0.25, 0.3) is 0 Å². The lowest BCUT2D eigenvalue weighted by Crippen LogP contribution is -2.40. The van der Waals surface area contributed by atoms with Crippen molar-refractivity contribution < 1.29 is 9.53 Å². The van der Waals surface area contributed by atoms with Crippen LogP contribution in [0.3, 0.4) is 0 Å². The summed E-state index contributed by atoms with van der Waals surface area (Å²) in [5.41, 5.74) is 0.00186. The maximum atomic E-state index is 11.1. The minimum absolute atomic E-state index is 0.00186. The molecular formula is C9H19NO2. The van der Waals surface area contributed by atoms with Crippen LogP contribution in [0.15, 0.2) is 0 Å². The fourth-order valence-electron chi connectivity index (χ4n) is 0.631. The molecule has 0 spiro atoms. The second-order valence-corrected chi connectivity index (χ2v) is 3.78. The van der Waals surface area contributed by atoms with Crippen molar-refractivity contribution in [1.82, 2.24) is 5.32 Å². The Kier molecular flexibility index (Phi) is 5.09. The Balaban J connectivity index is 3.44. The van der Waals surface area contributed by atoms with Crippen molar-refractivity contribution in [2.75, 3.05) is 19.8 Å². The standard InChI is InChI=1S/C9H19NO2/c1-5-12-7-8(11)6-10-9(2,3)4/h10H,5-7H2,1-4H3. The van der Waals surface area contributed by atoms with Gasteiger partial charge in [0.2, 0.25) is 0 Å². The molecule has 0 aromatic heterocycles. The van der Waals surface area contributed by atoms with Gasteiger partial charge in [-0.2, -0.15) is 0 Å². The Hall–Kier alpha value is -0.410. The van der Waals surface area contributed by atoms with Gasteiger partial charge in [0.1, 0.15) is 6.61 Å². The van der Waals surface area contributed by atoms with Gasteiger partial charge in [-0.15, -0.1) is 0 Å². The zero-order valence-corrected chi connectivity index (χ0v) is 8.44. The van der Waals surface area contributed by atoms with E-state index in [1.807, 2.05) is 27.7 Å². The highest BCUT2D eigenvalue weighted by atomic mass is 16.5. The summed E-state index contributed by atoms with van der Waals surface area (Å²) in [4.78, 5) is 11.1. The quantitative estimate of drug-likeness (QED) is 0.673. The van der Waals surface area contributed by atoms with Crippen LogP contribution in [0.4, 0.5) is 0 Å². The maximum Gasteiger partial charge on any atom is 0.172 e. The van der Waals surface area contributed by atoms with Gasteiger partial charge in [-0.1, -0.05) is 0 Å². The summed E-state index contributed by atoms with van der Waals surface area (Å²) >= 11 is 0. The second kappa shape index (κ2) is 5.27. The number of ketones is 1. The summed E-state index contributed by atoms with van der Waals surface area (Å²) in [6.07, 6.45) is 0. The lowest BCUT2D eigenvalue weighted by atomic mass is 10.1. The summed E-state index contributed by atoms with van der Waals surface area (Å²) in [6, 6.07) is 0. The first-order chi connectivity index (χ1) is 5.45. The molecule has 0 aromatic rings. The number of carbonyl (C=O) groups excluding carboxylic acids is 1. The van der Waals surface area contributed by atoms with E-state index in [1.54, 1.807) is 0 Å². The Morgan fingerprint density at radius 2 is 2.00 bits per heavy atom. The monoisotopic (exact) mass is 173 g/mol. The normalized spacial score (nSPS) is 11.7. The maximum absolute atomic E-state index is 11.1. The number of ether oxygens (including phenoxy) is 1. The van der Waals surface area contributed by atoms with Crippen molar-refractivity contribution in [3.63, 3.8) is 0 Å². The SMILES string of the molecule is CCOCC(=O)CNC(C)(C)C. The van der Waals surface area contributed by atoms with Crippen molar-refractivity contribution in [1.29, 1.82) is 0 Å². The smallest absolute Gasteiger partial charge is 0.172 e. The van der Waals surface area contributed by atoms with E-state index in [4.69, 9.17) is 4.74 Å². The van der Waals surface area contributed by atoms with Gasteiger partial charge in [0, 0.05) is 12.1 Å². The van der Waals surface area contributed by atoms with Gasteiger partial charge in [-0.3, -0.25) is 4.79 Å². The third-order valence-electron chi connectivity index (χ3n) is 1.28. The first-order valence-corrected chi connectivity index (χ1v) is 4.30. The molecule has 0 aliphatic carbocycles. The average Bonchev–Trinajstić information content (AvgIpc) is 1.95. The molecule has 0 aromatic carbocycles. The minimum Gasteiger partial charge on any atom is -0.374 e. The van der Waals surface area contributed by atoms with Crippen LogP contribution in [0.5, 0.6) is 0 Å². The number of hydrogen-bond donors (Lipinski definition) is 1. The number of hydrogen-bond acceptors (Lipinski definition) is 3. The summed E-state index contributed by atoms with van der Waals surface area (Å²) in [5.74, 6) is 0.103. The van der Waals surface area contributed by atoms with Crippen LogP contribution in [0.2, 0.25) is 0 Å². The number of carbonyl (C=O) groups is 1. The summed E-state index contributed by atoms with van der Waals surface area (Å²) in [7, 11) is 0. The largest absolute Gasteiger partial charge is 0.374 e. The number of rotatable bonds is 5. The molecule has 0 aliphatic heterocycles. The van der Waals surface area contributed by atoms with Crippen molar-refractivity contribution in [2.45, 2.75) is 33.2 Å². The number of nitrogens with one attached hydrogen (secondary N) is 1. The van der Waals surface area contributed by atoms with E-state index < -0.39 is 0 Å². The van der Waals surface area contributed by atoms with E-state index in [9.17, 15) is 4.79 Å². The molecule has 0 radical (unpaired) electrons. The second-order valence-electron chi connectivity index (χ2n) is 3.78. The van der Waals surface area contributed by atoms with Crippen LogP contribution in [-0.2, 0) is 9.53 Å². The average molecular weight is 173 g/mol. The molecule has 1 N–H and O–H groups in total. The predicted octanol–water partition coefficient (Wildman–Crippen LogP) is 0.980. The third-order valence-corrected chi connectivity index (χ3v) is 1.28. The Labute approximate surface area is 74.5 Å². The Morgan fingerprint density at radius 1 is 1.42 bits per heavy atom. The lowest BCUT2D eigenvalue weighted by molar-refractivity contribution is -0.122. The fraction of sp³-hybridized carbons (Fsp3) is 0.889. The molecule has 72 valence electrons. The molecule has 0 saturated carbocycles. The van der Waals surface area contributed by atoms with Crippen LogP contribution in [0, 0.1) is 0 Å². The van der Waals surface area contributed by atoms with Gasteiger partial charge >= 0.3 is 0 Å². The highest BCUT2D eigenvalue weighted by molar-refractivity contribution is 5.81. The van der Waals surface area contributed by atoms with E-state index in [0.29, 0.717) is 13.2 Å². The summed E-state index contributed by atoms with van der Waals surface area (Å²) < 4.78 is 4.97. The number of Topliss-reactive ketones (excluding diaryl/α,β-unsaturated/α-hetero) is 1. The molecule has 0 saturated heterocycles. The van der Waals surface area contributed by atoms with E-state index in [-0.39, 0.29) is 17.9 Å². The molecule has 0 heterocycles. The highest BCUT2D eigenvalue weighted by Gasteiger charge is 2.10. The van der Waals surface area contributed by atoms with Gasteiger partial charge < -0.3 is 10.1 Å². The molecule has 3 heteroatoms. The van der Waals surface area contributed by atoms with E-state index in [2.05, 4.69) is 5.32 Å². The van der Waals surface area contributed by atoms with Gasteiger partial charge in [0.15, 0.2) is 5.78 Å². The molecular weight excluding hydrogens is 154 g/mol. The lowest BCUT2D eigenvalue weighted by Gasteiger charge is -2.19. The molecule has 0 rings (SSSR count). The van der Waals surface area contributed by atoms with E-state index in [1.165, 1.54) is 0 Å². The fourth-order valence-corrected chi connectivity index (χ4v) is 0.631. The summed E-state index contributed by atoms with van der Waals surface area (Å²) in [5, 5.41) is 3.10. The molecule has 0 atom stereocenters. The third kappa shape index (κ3) is 7.69. The molecule has 0 bridgehead atoms. The molecule has 0 fully saturated rings. The first-order valence-electron chi connectivity index (χ1n) is 4.30. The molecule has 3 nitrogen and oxygen atoms in total. The summed E-state index contributed by atoms with van der Waals surface area (Å²) in [6.45, 7) is 9.18. The molecule has 0 aliphatic rings. The topological polar surface area (TPSA) is 38.3 Å². The van der Waals surface area contributed by atoms with E-state index in [0.717, 1.165) is 0 Å². The van der Waals surface area contributed by atoms with Crippen molar-refractivity contribution in [3.8, 4) is 0 Å². The van der Waals surface area contributed by atoms with Crippen molar-refractivity contribution in [2.24, 2.45) is 0 Å². The molecule has 0 unspecified atom stereocenters. The van der Waals surface area contributed by atoms with Crippen LogP contribution in [0.1, 0.15) is 27.7 Å². The first kappa shape index (κ1) is 11.6. The zero-order valence-electron chi connectivity index (χ0n) is 8.44. The predicted molar refractivity (Wildman–Crippen MR) is 49.3 cm³/mol. The van der Waals surface area contributed by atoms with Crippen LogP contribution in [-0.4, -0.2) is 31.1 Å². The van der Waals surface area contributed by atoms with Crippen LogP contribution < -0.4 is 5.32 Å². The van der Waals surface area contributed by atoms with Crippen LogP contribution >= 0.6 is 0 Å². The van der Waals surface area contributed by atoms with Crippen molar-refractivity contribution >= 4 is 5.78 Å². The Bertz CT molecular complexity index is 138. The van der Waals surface area contributed by atoms with E-state index >= 15 is 0 Å². The van der Waals surface area contributed by atoms with Gasteiger partial charge in [-0.05, 0) is 27.7 Å². The van der Waals surface area contributed by atoms with Crippen LogP contribution in [0.25, 0.3) is 0 Å². The molecule has 0 amide bonds.